The fourth-order valence-corrected chi connectivity index (χ4v) is 2.67. The number of anilines is 1. The Kier molecular flexibility index (Phi) is 6.52. The Labute approximate surface area is 170 Å². The molecule has 0 radical (unpaired) electrons. The molecule has 0 saturated heterocycles. The van der Waals surface area contributed by atoms with Crippen LogP contribution in [0.5, 0.6) is 11.5 Å². The van der Waals surface area contributed by atoms with Crippen LogP contribution in [-0.4, -0.2) is 44.5 Å². The van der Waals surface area contributed by atoms with Gasteiger partial charge in [-0.05, 0) is 60.7 Å². The van der Waals surface area contributed by atoms with Crippen LogP contribution in [0.1, 0.15) is 5.69 Å². The molecule has 0 aliphatic carbocycles. The van der Waals surface area contributed by atoms with Crippen molar-refractivity contribution in [1.29, 1.82) is 0 Å². The summed E-state index contributed by atoms with van der Waals surface area (Å²) >= 11 is 0. The molecule has 7 nitrogen and oxygen atoms in total. The predicted octanol–water partition coefficient (Wildman–Crippen LogP) is 3.08. The van der Waals surface area contributed by atoms with E-state index in [2.05, 4.69) is 22.7 Å². The van der Waals surface area contributed by atoms with Gasteiger partial charge >= 0.3 is 0 Å². The average molecular weight is 392 g/mol. The third kappa shape index (κ3) is 5.38. The Morgan fingerprint density at radius 1 is 1.07 bits per heavy atom. The number of nitrogens with one attached hydrogen (secondary N) is 1. The van der Waals surface area contributed by atoms with Crippen molar-refractivity contribution < 1.29 is 14.3 Å². The monoisotopic (exact) mass is 392 g/mol. The number of nitrogens with zero attached hydrogens (tertiary/aromatic N) is 3. The van der Waals surface area contributed by atoms with E-state index in [0.29, 0.717) is 5.75 Å². The van der Waals surface area contributed by atoms with Crippen molar-refractivity contribution in [2.75, 3.05) is 32.7 Å². The first-order valence-electron chi connectivity index (χ1n) is 9.10. The van der Waals surface area contributed by atoms with Gasteiger partial charge in [0, 0.05) is 31.7 Å². The summed E-state index contributed by atoms with van der Waals surface area (Å²) in [5.41, 5.74) is 5.46. The fraction of sp³-hybridized carbons (Fsp3) is 0.182. The zero-order valence-electron chi connectivity index (χ0n) is 16.7. The molecule has 29 heavy (non-hydrogen) atoms. The van der Waals surface area contributed by atoms with Gasteiger partial charge < -0.3 is 18.9 Å². The minimum absolute atomic E-state index is 0.128. The number of hydrazone groups is 1. The molecule has 1 amide bonds. The highest BCUT2D eigenvalue weighted by atomic mass is 16.5. The van der Waals surface area contributed by atoms with E-state index in [0.717, 1.165) is 22.8 Å². The Hall–Kier alpha value is -3.74. The smallest absolute Gasteiger partial charge is 0.277 e. The van der Waals surface area contributed by atoms with Crippen LogP contribution in [0.15, 0.2) is 72.0 Å². The number of ether oxygens (including phenoxy) is 2. The lowest BCUT2D eigenvalue weighted by atomic mass is 10.2. The molecule has 0 bridgehead atoms. The van der Waals surface area contributed by atoms with Crippen molar-refractivity contribution >= 4 is 17.8 Å². The second-order valence-electron chi connectivity index (χ2n) is 6.47. The van der Waals surface area contributed by atoms with Crippen LogP contribution in [-0.2, 0) is 4.79 Å². The largest absolute Gasteiger partial charge is 0.497 e. The Morgan fingerprint density at radius 3 is 2.41 bits per heavy atom. The number of methoxy groups -OCH3 is 1. The normalized spacial score (nSPS) is 10.7. The van der Waals surface area contributed by atoms with Crippen molar-refractivity contribution in [1.82, 2.24) is 9.99 Å². The SMILES string of the molecule is COc1ccc(OCC(=O)N/N=C/c2cccn2-c2ccc(N(C)C)cc2)cc1. The zero-order chi connectivity index (χ0) is 20.6. The molecule has 0 aliphatic heterocycles. The minimum Gasteiger partial charge on any atom is -0.497 e. The molecule has 0 spiro atoms. The van der Waals surface area contributed by atoms with E-state index in [-0.39, 0.29) is 12.5 Å². The van der Waals surface area contributed by atoms with E-state index in [4.69, 9.17) is 9.47 Å². The number of aromatic nitrogens is 1. The van der Waals surface area contributed by atoms with E-state index in [1.807, 2.05) is 54.0 Å². The summed E-state index contributed by atoms with van der Waals surface area (Å²) in [7, 11) is 5.60. The van der Waals surface area contributed by atoms with Gasteiger partial charge in [-0.2, -0.15) is 5.10 Å². The number of carbonyl (C=O) groups excluding carboxylic acids is 1. The number of carbonyl (C=O) groups is 1. The van der Waals surface area contributed by atoms with Gasteiger partial charge in [-0.15, -0.1) is 0 Å². The molecular weight excluding hydrogens is 368 g/mol. The van der Waals surface area contributed by atoms with Gasteiger partial charge in [-0.1, -0.05) is 0 Å². The second-order valence-corrected chi connectivity index (χ2v) is 6.47. The van der Waals surface area contributed by atoms with Gasteiger partial charge in [-0.25, -0.2) is 5.43 Å². The number of benzene rings is 2. The first kappa shape index (κ1) is 20.0. The van der Waals surface area contributed by atoms with Gasteiger partial charge in [0.15, 0.2) is 6.61 Å². The van der Waals surface area contributed by atoms with Crippen molar-refractivity contribution in [3.63, 3.8) is 0 Å². The van der Waals surface area contributed by atoms with Crippen molar-refractivity contribution in [3.05, 3.63) is 72.6 Å². The first-order chi connectivity index (χ1) is 14.1. The minimum atomic E-state index is -0.342. The molecule has 0 fully saturated rings. The van der Waals surface area contributed by atoms with Gasteiger partial charge in [0.1, 0.15) is 11.5 Å². The molecule has 0 unspecified atom stereocenters. The summed E-state index contributed by atoms with van der Waals surface area (Å²) < 4.78 is 12.5. The Balaban J connectivity index is 1.55. The topological polar surface area (TPSA) is 68.1 Å². The maximum Gasteiger partial charge on any atom is 0.277 e. The van der Waals surface area contributed by atoms with E-state index in [1.54, 1.807) is 37.6 Å². The van der Waals surface area contributed by atoms with Gasteiger partial charge in [0.05, 0.1) is 19.0 Å². The molecule has 1 N–H and O–H groups in total. The maximum absolute atomic E-state index is 11.9. The molecule has 1 heterocycles. The van der Waals surface area contributed by atoms with Gasteiger partial charge in [0.25, 0.3) is 5.91 Å². The van der Waals surface area contributed by atoms with Crippen LogP contribution in [0.3, 0.4) is 0 Å². The molecule has 1 aromatic heterocycles. The fourth-order valence-electron chi connectivity index (χ4n) is 2.67. The summed E-state index contributed by atoms with van der Waals surface area (Å²) in [6.45, 7) is -0.128. The third-order valence-electron chi connectivity index (χ3n) is 4.24. The number of hydrogen-bond acceptors (Lipinski definition) is 5. The Morgan fingerprint density at radius 2 is 1.76 bits per heavy atom. The standard InChI is InChI=1S/C22H24N4O3/c1-25(2)17-6-8-18(9-7-17)26-14-4-5-19(26)15-23-24-22(27)16-29-21-12-10-20(28-3)11-13-21/h4-15H,16H2,1-3H3,(H,24,27)/b23-15+. The van der Waals surface area contributed by atoms with Crippen molar-refractivity contribution in [3.8, 4) is 17.2 Å². The van der Waals surface area contributed by atoms with Crippen LogP contribution in [0.4, 0.5) is 5.69 Å². The highest BCUT2D eigenvalue weighted by Gasteiger charge is 2.04. The van der Waals surface area contributed by atoms with Crippen molar-refractivity contribution in [2.24, 2.45) is 5.10 Å². The average Bonchev–Trinajstić information content (AvgIpc) is 3.21. The van der Waals surface area contributed by atoms with E-state index in [1.165, 1.54) is 0 Å². The van der Waals surface area contributed by atoms with Crippen LogP contribution < -0.4 is 19.8 Å². The summed E-state index contributed by atoms with van der Waals surface area (Å²) in [4.78, 5) is 14.0. The zero-order valence-corrected chi connectivity index (χ0v) is 16.7. The highest BCUT2D eigenvalue weighted by molar-refractivity contribution is 5.82. The quantitative estimate of drug-likeness (QED) is 0.473. The highest BCUT2D eigenvalue weighted by Crippen LogP contribution is 2.18. The summed E-state index contributed by atoms with van der Waals surface area (Å²) in [6, 6.07) is 19.0. The second kappa shape index (κ2) is 9.45. The summed E-state index contributed by atoms with van der Waals surface area (Å²) in [5, 5.41) is 4.03. The van der Waals surface area contributed by atoms with E-state index in [9.17, 15) is 4.79 Å². The summed E-state index contributed by atoms with van der Waals surface area (Å²) in [5.74, 6) is 0.969. The van der Waals surface area contributed by atoms with Crippen LogP contribution >= 0.6 is 0 Å². The molecule has 2 aromatic carbocycles. The lowest BCUT2D eigenvalue weighted by molar-refractivity contribution is -0.123. The maximum atomic E-state index is 11.9. The number of rotatable bonds is 8. The van der Waals surface area contributed by atoms with E-state index < -0.39 is 0 Å². The lowest BCUT2D eigenvalue weighted by Crippen LogP contribution is -2.24. The molecule has 150 valence electrons. The third-order valence-corrected chi connectivity index (χ3v) is 4.24. The molecule has 3 rings (SSSR count). The van der Waals surface area contributed by atoms with E-state index >= 15 is 0 Å². The first-order valence-corrected chi connectivity index (χ1v) is 9.10. The number of amides is 1. The Bertz CT molecular complexity index is 960. The number of hydrogen-bond donors (Lipinski definition) is 1. The predicted molar refractivity (Wildman–Crippen MR) is 114 cm³/mol. The van der Waals surface area contributed by atoms with Crippen molar-refractivity contribution in [2.45, 2.75) is 0 Å². The van der Waals surface area contributed by atoms with Gasteiger partial charge in [0.2, 0.25) is 0 Å². The molecular formula is C22H24N4O3. The van der Waals surface area contributed by atoms with Crippen LogP contribution in [0.2, 0.25) is 0 Å². The lowest BCUT2D eigenvalue weighted by Gasteiger charge is -2.13. The molecule has 3 aromatic rings. The molecule has 0 atom stereocenters. The molecule has 0 aliphatic rings. The molecule has 7 heteroatoms. The van der Waals surface area contributed by atoms with Crippen LogP contribution in [0, 0.1) is 0 Å². The molecule has 0 saturated carbocycles. The van der Waals surface area contributed by atoms with Crippen LogP contribution in [0.25, 0.3) is 5.69 Å². The summed E-state index contributed by atoms with van der Waals surface area (Å²) in [6.07, 6.45) is 3.55. The van der Waals surface area contributed by atoms with Gasteiger partial charge in [-0.3, -0.25) is 4.79 Å².